The molecule has 5 nitrogen and oxygen atoms in total. The van der Waals surface area contributed by atoms with Crippen molar-refractivity contribution in [2.75, 3.05) is 0 Å². The van der Waals surface area contributed by atoms with Crippen LogP contribution in [0.15, 0.2) is 18.5 Å². The number of carboxylic acids is 1. The van der Waals surface area contributed by atoms with Crippen LogP contribution in [-0.4, -0.2) is 25.6 Å². The third kappa shape index (κ3) is 1.72. The SMILES string of the molecule is CCCn1c(C2C(C(=O)O)C2(C)C)nc2cnccc21. The quantitative estimate of drug-likeness (QED) is 0.930. The number of hydrogen-bond donors (Lipinski definition) is 1. The van der Waals surface area contributed by atoms with Crippen LogP contribution in [0.1, 0.15) is 38.9 Å². The summed E-state index contributed by atoms with van der Waals surface area (Å²) >= 11 is 0. The van der Waals surface area contributed by atoms with E-state index in [0.29, 0.717) is 0 Å². The molecule has 1 aliphatic rings. The molecule has 3 rings (SSSR count). The Kier molecular flexibility index (Phi) is 2.81. The van der Waals surface area contributed by atoms with Crippen molar-refractivity contribution in [2.24, 2.45) is 11.3 Å². The summed E-state index contributed by atoms with van der Waals surface area (Å²) in [6.07, 6.45) is 4.49. The van der Waals surface area contributed by atoms with E-state index in [1.807, 2.05) is 19.9 Å². The second-order valence-corrected chi connectivity index (χ2v) is 6.10. The van der Waals surface area contributed by atoms with E-state index in [0.717, 1.165) is 29.8 Å². The molecule has 1 saturated carbocycles. The van der Waals surface area contributed by atoms with Crippen LogP contribution in [-0.2, 0) is 11.3 Å². The maximum absolute atomic E-state index is 11.4. The molecule has 0 radical (unpaired) electrons. The van der Waals surface area contributed by atoms with Gasteiger partial charge in [0.2, 0.25) is 0 Å². The number of hydrogen-bond acceptors (Lipinski definition) is 3. The minimum atomic E-state index is -0.728. The molecule has 1 aliphatic carbocycles. The second kappa shape index (κ2) is 4.30. The summed E-state index contributed by atoms with van der Waals surface area (Å²) in [5.41, 5.74) is 1.66. The number of rotatable bonds is 4. The molecule has 1 fully saturated rings. The van der Waals surface area contributed by atoms with Crippen molar-refractivity contribution in [1.82, 2.24) is 14.5 Å². The molecule has 106 valence electrons. The Morgan fingerprint density at radius 1 is 1.50 bits per heavy atom. The number of carbonyl (C=O) groups is 1. The van der Waals surface area contributed by atoms with Gasteiger partial charge in [0.15, 0.2) is 0 Å². The van der Waals surface area contributed by atoms with Gasteiger partial charge in [-0.15, -0.1) is 0 Å². The first kappa shape index (κ1) is 13.1. The summed E-state index contributed by atoms with van der Waals surface area (Å²) in [7, 11) is 0. The van der Waals surface area contributed by atoms with Gasteiger partial charge in [-0.3, -0.25) is 9.78 Å². The van der Waals surface area contributed by atoms with Crippen molar-refractivity contribution in [1.29, 1.82) is 0 Å². The van der Waals surface area contributed by atoms with E-state index >= 15 is 0 Å². The zero-order chi connectivity index (χ0) is 14.5. The van der Waals surface area contributed by atoms with Crippen molar-refractivity contribution in [2.45, 2.75) is 39.7 Å². The predicted octanol–water partition coefficient (Wildman–Crippen LogP) is 2.67. The zero-order valence-electron chi connectivity index (χ0n) is 12.0. The Hall–Kier alpha value is -1.91. The molecule has 2 heterocycles. The van der Waals surface area contributed by atoms with Crippen LogP contribution >= 0.6 is 0 Å². The Bertz CT molecular complexity index is 675. The minimum Gasteiger partial charge on any atom is -0.481 e. The van der Waals surface area contributed by atoms with Crippen LogP contribution < -0.4 is 0 Å². The molecule has 0 bridgehead atoms. The highest BCUT2D eigenvalue weighted by atomic mass is 16.4. The Morgan fingerprint density at radius 2 is 2.25 bits per heavy atom. The van der Waals surface area contributed by atoms with Crippen molar-refractivity contribution < 1.29 is 9.90 Å². The first-order valence-corrected chi connectivity index (χ1v) is 7.01. The van der Waals surface area contributed by atoms with E-state index in [2.05, 4.69) is 21.5 Å². The maximum Gasteiger partial charge on any atom is 0.307 e. The molecule has 0 aromatic carbocycles. The highest BCUT2D eigenvalue weighted by Crippen LogP contribution is 2.64. The molecule has 0 saturated heterocycles. The van der Waals surface area contributed by atoms with E-state index < -0.39 is 5.97 Å². The number of imidazole rings is 1. The molecular weight excluding hydrogens is 254 g/mol. The molecule has 20 heavy (non-hydrogen) atoms. The highest BCUT2D eigenvalue weighted by molar-refractivity contribution is 5.79. The molecular formula is C15H19N3O2. The fraction of sp³-hybridized carbons (Fsp3) is 0.533. The molecule has 2 aromatic rings. The Balaban J connectivity index is 2.12. The molecule has 0 amide bonds. The molecule has 1 N–H and O–H groups in total. The van der Waals surface area contributed by atoms with E-state index in [4.69, 9.17) is 0 Å². The van der Waals surface area contributed by atoms with Gasteiger partial charge in [-0.2, -0.15) is 0 Å². The lowest BCUT2D eigenvalue weighted by Crippen LogP contribution is -2.05. The average molecular weight is 273 g/mol. The fourth-order valence-electron chi connectivity index (χ4n) is 3.28. The molecule has 2 unspecified atom stereocenters. The smallest absolute Gasteiger partial charge is 0.307 e. The summed E-state index contributed by atoms with van der Waals surface area (Å²) in [5.74, 6) is -0.192. The van der Waals surface area contributed by atoms with Gasteiger partial charge in [0.1, 0.15) is 11.3 Å². The van der Waals surface area contributed by atoms with E-state index in [1.54, 1.807) is 12.4 Å². The van der Waals surface area contributed by atoms with Gasteiger partial charge in [-0.1, -0.05) is 20.8 Å². The van der Waals surface area contributed by atoms with Gasteiger partial charge < -0.3 is 9.67 Å². The van der Waals surface area contributed by atoms with E-state index in [9.17, 15) is 9.90 Å². The van der Waals surface area contributed by atoms with Crippen LogP contribution in [0.4, 0.5) is 0 Å². The molecule has 2 aromatic heterocycles. The van der Waals surface area contributed by atoms with Crippen LogP contribution in [0.3, 0.4) is 0 Å². The monoisotopic (exact) mass is 273 g/mol. The molecule has 5 heteroatoms. The molecule has 0 spiro atoms. The number of nitrogens with zero attached hydrogens (tertiary/aromatic N) is 3. The summed E-state index contributed by atoms with van der Waals surface area (Å²) in [5, 5.41) is 9.37. The second-order valence-electron chi connectivity index (χ2n) is 6.10. The number of fused-ring (bicyclic) bond motifs is 1. The number of aromatic nitrogens is 3. The Labute approximate surface area is 117 Å². The first-order valence-electron chi connectivity index (χ1n) is 7.01. The number of aryl methyl sites for hydroxylation is 1. The highest BCUT2D eigenvalue weighted by Gasteiger charge is 2.64. The summed E-state index contributed by atoms with van der Waals surface area (Å²) in [4.78, 5) is 20.2. The van der Waals surface area contributed by atoms with E-state index in [1.165, 1.54) is 0 Å². The maximum atomic E-state index is 11.4. The summed E-state index contributed by atoms with van der Waals surface area (Å²) in [6, 6.07) is 1.95. The topological polar surface area (TPSA) is 68.0 Å². The van der Waals surface area contributed by atoms with Crippen molar-refractivity contribution in [3.05, 3.63) is 24.3 Å². The van der Waals surface area contributed by atoms with Crippen molar-refractivity contribution in [3.63, 3.8) is 0 Å². The number of carboxylic acid groups (broad SMARTS) is 1. The van der Waals surface area contributed by atoms with E-state index in [-0.39, 0.29) is 17.3 Å². The number of aliphatic carboxylic acids is 1. The normalized spacial score (nSPS) is 23.9. The summed E-state index contributed by atoms with van der Waals surface area (Å²) < 4.78 is 2.16. The molecule has 0 aliphatic heterocycles. The zero-order valence-corrected chi connectivity index (χ0v) is 12.0. The standard InChI is InChI=1S/C15H19N3O2/c1-4-7-18-10-5-6-16-8-9(10)17-13(18)11-12(14(19)20)15(11,2)3/h5-6,8,11-12H,4,7H2,1-3H3,(H,19,20). The fourth-order valence-corrected chi connectivity index (χ4v) is 3.28. The van der Waals surface area contributed by atoms with Gasteiger partial charge >= 0.3 is 5.97 Å². The van der Waals surface area contributed by atoms with Crippen LogP contribution in [0.2, 0.25) is 0 Å². The Morgan fingerprint density at radius 3 is 2.85 bits per heavy atom. The van der Waals surface area contributed by atoms with Crippen LogP contribution in [0.25, 0.3) is 11.0 Å². The van der Waals surface area contributed by atoms with Crippen molar-refractivity contribution in [3.8, 4) is 0 Å². The number of pyridine rings is 1. The lowest BCUT2D eigenvalue weighted by atomic mass is 10.1. The molecule has 2 atom stereocenters. The summed E-state index contributed by atoms with van der Waals surface area (Å²) in [6.45, 7) is 6.98. The van der Waals surface area contributed by atoms with Gasteiger partial charge in [0.05, 0.1) is 17.6 Å². The lowest BCUT2D eigenvalue weighted by Gasteiger charge is -2.08. The van der Waals surface area contributed by atoms with Gasteiger partial charge in [-0.05, 0) is 17.9 Å². The van der Waals surface area contributed by atoms with Crippen LogP contribution in [0, 0.1) is 11.3 Å². The van der Waals surface area contributed by atoms with Gasteiger partial charge in [0, 0.05) is 18.7 Å². The minimum absolute atomic E-state index is 0.0149. The van der Waals surface area contributed by atoms with Crippen molar-refractivity contribution >= 4 is 17.0 Å². The third-order valence-corrected chi connectivity index (χ3v) is 4.40. The van der Waals surface area contributed by atoms with Gasteiger partial charge in [0.25, 0.3) is 0 Å². The third-order valence-electron chi connectivity index (χ3n) is 4.40. The predicted molar refractivity (Wildman–Crippen MR) is 75.5 cm³/mol. The van der Waals surface area contributed by atoms with Crippen LogP contribution in [0.5, 0.6) is 0 Å². The lowest BCUT2D eigenvalue weighted by molar-refractivity contribution is -0.139. The largest absolute Gasteiger partial charge is 0.481 e. The first-order chi connectivity index (χ1) is 9.48. The van der Waals surface area contributed by atoms with Gasteiger partial charge in [-0.25, -0.2) is 4.98 Å². The average Bonchev–Trinajstić information content (AvgIpc) is 2.80.